The van der Waals surface area contributed by atoms with Crippen molar-refractivity contribution in [3.8, 4) is 11.6 Å². The molecule has 3 heterocycles. The van der Waals surface area contributed by atoms with Crippen molar-refractivity contribution in [2.45, 2.75) is 33.1 Å². The molecule has 1 aliphatic rings. The lowest BCUT2D eigenvalue weighted by molar-refractivity contribution is 0.270. The minimum atomic E-state index is 0.152. The molecule has 2 aromatic rings. The lowest BCUT2D eigenvalue weighted by Crippen LogP contribution is -2.46. The minimum absolute atomic E-state index is 0.152. The quantitative estimate of drug-likeness (QED) is 0.901. The Morgan fingerprint density at radius 3 is 3.05 bits per heavy atom. The molecule has 114 valence electrons. The van der Waals surface area contributed by atoms with Crippen molar-refractivity contribution in [1.82, 2.24) is 15.2 Å². The molecule has 3 rings (SSSR count). The number of anilines is 1. The molecule has 21 heavy (non-hydrogen) atoms. The largest absolute Gasteiger partial charge is 0.458 e. The van der Waals surface area contributed by atoms with Crippen LogP contribution < -0.4 is 10.6 Å². The number of rotatable bonds is 4. The van der Waals surface area contributed by atoms with Gasteiger partial charge in [-0.25, -0.2) is 0 Å². The van der Waals surface area contributed by atoms with Crippen molar-refractivity contribution >= 4 is 5.95 Å². The molecule has 3 N–H and O–H groups in total. The van der Waals surface area contributed by atoms with Gasteiger partial charge in [0, 0.05) is 19.5 Å². The summed E-state index contributed by atoms with van der Waals surface area (Å²) >= 11 is 0. The van der Waals surface area contributed by atoms with Gasteiger partial charge >= 0.3 is 0 Å². The molecule has 0 bridgehead atoms. The second-order valence-electron chi connectivity index (χ2n) is 6.14. The van der Waals surface area contributed by atoms with Gasteiger partial charge in [-0.15, -0.1) is 5.10 Å². The number of hydrogen-bond acceptors (Lipinski definition) is 5. The summed E-state index contributed by atoms with van der Waals surface area (Å²) in [5, 5.41) is 7.31. The molecule has 2 aromatic heterocycles. The fraction of sp³-hybridized carbons (Fsp3) is 0.600. The average molecular weight is 289 g/mol. The van der Waals surface area contributed by atoms with Crippen LogP contribution in [-0.2, 0) is 6.42 Å². The zero-order valence-electron chi connectivity index (χ0n) is 12.7. The second-order valence-corrected chi connectivity index (χ2v) is 6.14. The normalized spacial score (nSPS) is 22.7. The zero-order valence-corrected chi connectivity index (χ0v) is 12.7. The van der Waals surface area contributed by atoms with Gasteiger partial charge in [-0.1, -0.05) is 13.8 Å². The van der Waals surface area contributed by atoms with Gasteiger partial charge in [-0.05, 0) is 36.9 Å². The van der Waals surface area contributed by atoms with E-state index in [1.165, 1.54) is 0 Å². The van der Waals surface area contributed by atoms with Gasteiger partial charge in [0.25, 0.3) is 0 Å². The molecule has 0 aromatic carbocycles. The molecule has 1 unspecified atom stereocenters. The Hall–Kier alpha value is -1.82. The highest BCUT2D eigenvalue weighted by atomic mass is 16.3. The number of aromatic nitrogens is 3. The molecule has 0 radical (unpaired) electrons. The van der Waals surface area contributed by atoms with Crippen LogP contribution in [0.25, 0.3) is 11.6 Å². The Morgan fingerprint density at radius 1 is 1.48 bits per heavy atom. The minimum Gasteiger partial charge on any atom is -0.458 e. The SMILES string of the molecule is CCc1ccc(-c2nc(N3CCCC(C)(CN)C3)n[nH]2)o1. The number of nitrogens with one attached hydrogen (secondary N) is 1. The monoisotopic (exact) mass is 289 g/mol. The number of nitrogens with two attached hydrogens (primary N) is 1. The summed E-state index contributed by atoms with van der Waals surface area (Å²) in [4.78, 5) is 6.78. The third-order valence-corrected chi connectivity index (χ3v) is 4.27. The van der Waals surface area contributed by atoms with Crippen molar-refractivity contribution in [3.63, 3.8) is 0 Å². The van der Waals surface area contributed by atoms with E-state index in [9.17, 15) is 0 Å². The van der Waals surface area contributed by atoms with E-state index >= 15 is 0 Å². The van der Waals surface area contributed by atoms with Gasteiger partial charge < -0.3 is 15.1 Å². The number of piperidine rings is 1. The van der Waals surface area contributed by atoms with Crippen LogP contribution in [0.3, 0.4) is 0 Å². The topological polar surface area (TPSA) is 84.0 Å². The van der Waals surface area contributed by atoms with Crippen molar-refractivity contribution in [3.05, 3.63) is 17.9 Å². The van der Waals surface area contributed by atoms with Crippen molar-refractivity contribution in [1.29, 1.82) is 0 Å². The number of aromatic amines is 1. The van der Waals surface area contributed by atoms with Crippen LogP contribution in [0.5, 0.6) is 0 Å². The summed E-state index contributed by atoms with van der Waals surface area (Å²) in [6.07, 6.45) is 3.16. The first-order valence-corrected chi connectivity index (χ1v) is 7.60. The van der Waals surface area contributed by atoms with E-state index in [0.29, 0.717) is 12.4 Å². The number of H-pyrrole nitrogens is 1. The summed E-state index contributed by atoms with van der Waals surface area (Å²) in [5.41, 5.74) is 6.05. The van der Waals surface area contributed by atoms with Gasteiger partial charge in [0.2, 0.25) is 5.95 Å². The third-order valence-electron chi connectivity index (χ3n) is 4.27. The van der Waals surface area contributed by atoms with E-state index in [4.69, 9.17) is 10.2 Å². The Balaban J connectivity index is 1.78. The van der Waals surface area contributed by atoms with Gasteiger partial charge in [-0.3, -0.25) is 5.10 Å². The van der Waals surface area contributed by atoms with Gasteiger partial charge in [0.15, 0.2) is 11.6 Å². The summed E-state index contributed by atoms with van der Waals surface area (Å²) < 4.78 is 5.71. The van der Waals surface area contributed by atoms with E-state index in [1.807, 2.05) is 12.1 Å². The molecule has 6 heteroatoms. The molecular weight excluding hydrogens is 266 g/mol. The van der Waals surface area contributed by atoms with Crippen LogP contribution in [0.1, 0.15) is 32.4 Å². The lowest BCUT2D eigenvalue weighted by atomic mass is 9.82. The summed E-state index contributed by atoms with van der Waals surface area (Å²) in [5.74, 6) is 3.12. The molecule has 1 aliphatic heterocycles. The molecule has 0 aliphatic carbocycles. The fourth-order valence-electron chi connectivity index (χ4n) is 2.85. The first-order chi connectivity index (χ1) is 10.1. The van der Waals surface area contributed by atoms with Crippen molar-refractivity contribution in [2.24, 2.45) is 11.1 Å². The van der Waals surface area contributed by atoms with Crippen LogP contribution in [0, 0.1) is 5.41 Å². The van der Waals surface area contributed by atoms with E-state index in [1.54, 1.807) is 0 Å². The van der Waals surface area contributed by atoms with Crippen LogP contribution in [0.4, 0.5) is 5.95 Å². The first-order valence-electron chi connectivity index (χ1n) is 7.60. The fourth-order valence-corrected chi connectivity index (χ4v) is 2.85. The predicted octanol–water partition coefficient (Wildman–Crippen LogP) is 2.19. The molecule has 1 saturated heterocycles. The zero-order chi connectivity index (χ0) is 14.9. The molecule has 0 amide bonds. The highest BCUT2D eigenvalue weighted by Crippen LogP contribution is 2.30. The molecule has 0 spiro atoms. The molecule has 0 saturated carbocycles. The number of hydrogen-bond donors (Lipinski definition) is 2. The highest BCUT2D eigenvalue weighted by molar-refractivity contribution is 5.49. The first kappa shape index (κ1) is 14.1. The summed E-state index contributed by atoms with van der Waals surface area (Å²) in [6, 6.07) is 3.91. The van der Waals surface area contributed by atoms with E-state index < -0.39 is 0 Å². The molecule has 1 atom stereocenters. The van der Waals surface area contributed by atoms with Crippen molar-refractivity contribution in [2.75, 3.05) is 24.5 Å². The van der Waals surface area contributed by atoms with Crippen LogP contribution in [0.15, 0.2) is 16.5 Å². The standard InChI is InChI=1S/C15H23N5O/c1-3-11-5-6-12(21-11)13-17-14(19-18-13)20-8-4-7-15(2,9-16)10-20/h5-6H,3-4,7-10,16H2,1-2H3,(H,17,18,19). The Morgan fingerprint density at radius 2 is 2.33 bits per heavy atom. The Kier molecular flexibility index (Phi) is 3.71. The summed E-state index contributed by atoms with van der Waals surface area (Å²) in [6.45, 7) is 6.87. The second kappa shape index (κ2) is 5.52. The number of furan rings is 1. The van der Waals surface area contributed by atoms with Crippen LogP contribution in [0.2, 0.25) is 0 Å². The lowest BCUT2D eigenvalue weighted by Gasteiger charge is -2.39. The van der Waals surface area contributed by atoms with E-state index in [2.05, 4.69) is 33.9 Å². The number of aryl methyl sites for hydroxylation is 1. The van der Waals surface area contributed by atoms with E-state index in [0.717, 1.165) is 49.8 Å². The van der Waals surface area contributed by atoms with Crippen LogP contribution >= 0.6 is 0 Å². The highest BCUT2D eigenvalue weighted by Gasteiger charge is 2.31. The Labute approximate surface area is 124 Å². The maximum absolute atomic E-state index is 5.90. The number of nitrogens with zero attached hydrogens (tertiary/aromatic N) is 3. The molecule has 1 fully saturated rings. The molecule has 6 nitrogen and oxygen atoms in total. The maximum Gasteiger partial charge on any atom is 0.245 e. The maximum atomic E-state index is 5.90. The Bertz CT molecular complexity index is 605. The van der Waals surface area contributed by atoms with Gasteiger partial charge in [0.1, 0.15) is 5.76 Å². The van der Waals surface area contributed by atoms with E-state index in [-0.39, 0.29) is 5.41 Å². The molecular formula is C15H23N5O. The van der Waals surface area contributed by atoms with Crippen LogP contribution in [-0.4, -0.2) is 34.8 Å². The van der Waals surface area contributed by atoms with Gasteiger partial charge in [0.05, 0.1) is 0 Å². The average Bonchev–Trinajstić information content (AvgIpc) is 3.16. The predicted molar refractivity (Wildman–Crippen MR) is 82.1 cm³/mol. The smallest absolute Gasteiger partial charge is 0.245 e. The van der Waals surface area contributed by atoms with Crippen molar-refractivity contribution < 1.29 is 4.42 Å². The summed E-state index contributed by atoms with van der Waals surface area (Å²) in [7, 11) is 0. The third kappa shape index (κ3) is 2.81. The van der Waals surface area contributed by atoms with Gasteiger partial charge in [-0.2, -0.15) is 4.98 Å².